The van der Waals surface area contributed by atoms with E-state index in [9.17, 15) is 24.3 Å². The topological polar surface area (TPSA) is 172 Å². The van der Waals surface area contributed by atoms with Gasteiger partial charge in [0.05, 0.1) is 16.7 Å². The average molecular weight is 733 g/mol. The van der Waals surface area contributed by atoms with Crippen molar-refractivity contribution in [2.24, 2.45) is 0 Å². The molecule has 280 valence electrons. The molecule has 4 heterocycles. The lowest BCUT2D eigenvalue weighted by Crippen LogP contribution is -2.66. The molecule has 3 aromatic rings. The minimum absolute atomic E-state index is 0.105. The number of hydrogen-bond donors (Lipinski definition) is 1. The average Bonchev–Trinajstić information content (AvgIpc) is 3.66. The Labute approximate surface area is 305 Å². The van der Waals surface area contributed by atoms with Gasteiger partial charge in [-0.3, -0.25) is 4.79 Å². The molecule has 0 bridgehead atoms. The number of benzene rings is 3. The zero-order chi connectivity index (χ0) is 37.5. The SMILES string of the molecule is CC1(C)O[C@@H]2[C@H](O1)[C@H]1OC(C)(C)O[C@H]1O[C@@H]2[C@H](O)[C@H]1O[C@H](COC(=O)c2ccccc2)[C@@H](OC(=O)c2ccccc2)[C@H](OC(=O)c2ccccc2)C1=O. The van der Waals surface area contributed by atoms with Gasteiger partial charge in [0.1, 0.15) is 49.3 Å². The van der Waals surface area contributed by atoms with Gasteiger partial charge in [0, 0.05) is 0 Å². The molecule has 0 radical (unpaired) electrons. The Kier molecular flexibility index (Phi) is 10.2. The van der Waals surface area contributed by atoms with E-state index in [1.54, 1.807) is 94.4 Å². The van der Waals surface area contributed by atoms with Crippen molar-refractivity contribution >= 4 is 23.7 Å². The summed E-state index contributed by atoms with van der Waals surface area (Å²) in [6.45, 7) is 6.21. The maximum absolute atomic E-state index is 14.5. The van der Waals surface area contributed by atoms with Gasteiger partial charge in [-0.05, 0) is 64.1 Å². The molecule has 10 atom stereocenters. The van der Waals surface area contributed by atoms with Crippen LogP contribution in [0.4, 0.5) is 0 Å². The van der Waals surface area contributed by atoms with Crippen molar-refractivity contribution in [2.75, 3.05) is 6.61 Å². The first-order valence-corrected chi connectivity index (χ1v) is 17.3. The van der Waals surface area contributed by atoms with Crippen LogP contribution >= 0.6 is 0 Å². The van der Waals surface area contributed by atoms with E-state index in [1.165, 1.54) is 24.3 Å². The third-order valence-corrected chi connectivity index (χ3v) is 9.27. The number of rotatable bonds is 9. The molecule has 14 nitrogen and oxygen atoms in total. The largest absolute Gasteiger partial charge is 0.459 e. The lowest BCUT2D eigenvalue weighted by molar-refractivity contribution is -0.270. The highest BCUT2D eigenvalue weighted by molar-refractivity contribution is 5.96. The fraction of sp³-hybridized carbons (Fsp3) is 0.436. The highest BCUT2D eigenvalue weighted by Crippen LogP contribution is 2.45. The summed E-state index contributed by atoms with van der Waals surface area (Å²) in [6.07, 6.45) is -13.3. The van der Waals surface area contributed by atoms with E-state index in [4.69, 9.17) is 42.6 Å². The Morgan fingerprint density at radius 2 is 1.15 bits per heavy atom. The number of hydrogen-bond acceptors (Lipinski definition) is 14. The van der Waals surface area contributed by atoms with Gasteiger partial charge >= 0.3 is 17.9 Å². The van der Waals surface area contributed by atoms with E-state index < -0.39 is 103 Å². The van der Waals surface area contributed by atoms with Crippen LogP contribution in [0.1, 0.15) is 58.8 Å². The van der Waals surface area contributed by atoms with E-state index in [0.717, 1.165) is 0 Å². The zero-order valence-electron chi connectivity index (χ0n) is 29.4. The number of esters is 3. The van der Waals surface area contributed by atoms with Crippen molar-refractivity contribution in [2.45, 2.75) is 100 Å². The highest BCUT2D eigenvalue weighted by atomic mass is 16.9. The first kappa shape index (κ1) is 36.8. The van der Waals surface area contributed by atoms with Crippen molar-refractivity contribution in [3.8, 4) is 0 Å². The molecule has 3 aromatic carbocycles. The normalized spacial score (nSPS) is 31.8. The van der Waals surface area contributed by atoms with Crippen molar-refractivity contribution in [3.05, 3.63) is 108 Å². The van der Waals surface area contributed by atoms with Crippen molar-refractivity contribution < 1.29 is 66.9 Å². The fourth-order valence-electron chi connectivity index (χ4n) is 6.93. The van der Waals surface area contributed by atoms with Crippen LogP contribution < -0.4 is 0 Å². The fourth-order valence-corrected chi connectivity index (χ4v) is 6.93. The monoisotopic (exact) mass is 732 g/mol. The molecule has 0 unspecified atom stereocenters. The van der Waals surface area contributed by atoms with Gasteiger partial charge in [-0.1, -0.05) is 54.6 Å². The van der Waals surface area contributed by atoms with E-state index in [2.05, 4.69) is 0 Å². The predicted molar refractivity (Wildman–Crippen MR) is 180 cm³/mol. The lowest BCUT2D eigenvalue weighted by Gasteiger charge is -2.44. The number of aliphatic hydroxyl groups is 1. The summed E-state index contributed by atoms with van der Waals surface area (Å²) in [4.78, 5) is 54.6. The van der Waals surface area contributed by atoms with E-state index in [1.807, 2.05) is 0 Å². The van der Waals surface area contributed by atoms with Gasteiger partial charge in [-0.15, -0.1) is 0 Å². The molecule has 53 heavy (non-hydrogen) atoms. The summed E-state index contributed by atoms with van der Waals surface area (Å²) in [5, 5.41) is 12.1. The van der Waals surface area contributed by atoms with Crippen molar-refractivity contribution in [3.63, 3.8) is 0 Å². The molecule has 0 saturated carbocycles. The Balaban J connectivity index is 1.23. The van der Waals surface area contributed by atoms with Crippen LogP contribution in [0.5, 0.6) is 0 Å². The second-order valence-corrected chi connectivity index (χ2v) is 14.0. The summed E-state index contributed by atoms with van der Waals surface area (Å²) in [7, 11) is 0. The highest BCUT2D eigenvalue weighted by Gasteiger charge is 2.64. The minimum Gasteiger partial charge on any atom is -0.459 e. The molecule has 0 aromatic heterocycles. The minimum atomic E-state index is -1.83. The summed E-state index contributed by atoms with van der Waals surface area (Å²) >= 11 is 0. The summed E-state index contributed by atoms with van der Waals surface area (Å²) in [5.74, 6) is -5.65. The molecule has 0 aliphatic carbocycles. The van der Waals surface area contributed by atoms with Gasteiger partial charge in [0.25, 0.3) is 0 Å². The molecule has 4 aliphatic rings. The quantitative estimate of drug-likeness (QED) is 0.251. The number of carbonyl (C=O) groups is 4. The molecule has 0 spiro atoms. The Morgan fingerprint density at radius 3 is 1.74 bits per heavy atom. The van der Waals surface area contributed by atoms with E-state index in [-0.39, 0.29) is 16.7 Å². The number of ketones is 1. The first-order chi connectivity index (χ1) is 25.3. The van der Waals surface area contributed by atoms with Crippen LogP contribution in [-0.4, -0.2) is 108 Å². The summed E-state index contributed by atoms with van der Waals surface area (Å²) < 4.78 is 54.1. The third kappa shape index (κ3) is 7.76. The number of Topliss-reactive ketones (excluding diaryl/α,β-unsaturated/α-hetero) is 1. The lowest BCUT2D eigenvalue weighted by atomic mass is 9.87. The van der Waals surface area contributed by atoms with Crippen LogP contribution in [0.15, 0.2) is 91.0 Å². The first-order valence-electron chi connectivity index (χ1n) is 17.3. The van der Waals surface area contributed by atoms with Gasteiger partial charge in [0.15, 0.2) is 24.0 Å². The Bertz CT molecular complexity index is 1800. The van der Waals surface area contributed by atoms with Crippen LogP contribution in [0, 0.1) is 0 Å². The van der Waals surface area contributed by atoms with Crippen LogP contribution in [0.2, 0.25) is 0 Å². The molecule has 14 heteroatoms. The van der Waals surface area contributed by atoms with Crippen LogP contribution in [0.3, 0.4) is 0 Å². The smallest absolute Gasteiger partial charge is 0.338 e. The number of fused-ring (bicyclic) bond motifs is 3. The maximum Gasteiger partial charge on any atom is 0.338 e. The second kappa shape index (κ2) is 14.7. The van der Waals surface area contributed by atoms with E-state index in [0.29, 0.717) is 0 Å². The summed E-state index contributed by atoms with van der Waals surface area (Å²) in [6, 6.07) is 24.0. The molecule has 4 fully saturated rings. The van der Waals surface area contributed by atoms with Crippen LogP contribution in [0.25, 0.3) is 0 Å². The molecule has 4 saturated heterocycles. The number of ether oxygens (including phenoxy) is 9. The maximum atomic E-state index is 14.5. The third-order valence-electron chi connectivity index (χ3n) is 9.27. The summed E-state index contributed by atoms with van der Waals surface area (Å²) in [5.41, 5.74) is 0.460. The molecule has 7 rings (SSSR count). The Hall–Kier alpha value is -4.54. The van der Waals surface area contributed by atoms with Crippen molar-refractivity contribution in [1.29, 1.82) is 0 Å². The second-order valence-electron chi connectivity index (χ2n) is 14.0. The van der Waals surface area contributed by atoms with Gasteiger partial charge in [-0.2, -0.15) is 0 Å². The molecule has 0 amide bonds. The van der Waals surface area contributed by atoms with Gasteiger partial charge in [0.2, 0.25) is 11.9 Å². The van der Waals surface area contributed by atoms with Gasteiger partial charge < -0.3 is 47.7 Å². The molecular formula is C39H40O14. The zero-order valence-corrected chi connectivity index (χ0v) is 29.4. The predicted octanol–water partition coefficient (Wildman–Crippen LogP) is 3.39. The number of aliphatic hydroxyl groups excluding tert-OH is 1. The number of carbonyl (C=O) groups excluding carboxylic acids is 4. The molecular weight excluding hydrogens is 692 g/mol. The molecule has 4 aliphatic heterocycles. The standard InChI is InChI=1S/C39H40O14/c1-38(2)50-31-30(49-37-33(32(31)51-38)52-39(3,4)53-37)26(41)28-25(40)29(48-36(44)23-18-12-7-13-19-23)27(47-35(43)22-16-10-6-11-17-22)24(46-28)20-45-34(42)21-14-8-5-9-15-21/h5-19,24,26-33,37,41H,20H2,1-4H3/t24-,26-,27-,28+,29-,30-,31+,32+,33-,37-/m1/s1. The van der Waals surface area contributed by atoms with Crippen molar-refractivity contribution in [1.82, 2.24) is 0 Å². The Morgan fingerprint density at radius 1 is 0.660 bits per heavy atom. The molecule has 1 N–H and O–H groups in total. The van der Waals surface area contributed by atoms with Crippen LogP contribution in [-0.2, 0) is 47.4 Å². The van der Waals surface area contributed by atoms with E-state index >= 15 is 0 Å². The van der Waals surface area contributed by atoms with Gasteiger partial charge in [-0.25, -0.2) is 14.4 Å².